The zero-order valence-electron chi connectivity index (χ0n) is 16.9. The van der Waals surface area contributed by atoms with Crippen molar-refractivity contribution in [2.45, 2.75) is 13.3 Å². The molecule has 8 heteroatoms. The number of nitrogens with one attached hydrogen (secondary N) is 2. The van der Waals surface area contributed by atoms with Crippen LogP contribution in [0.5, 0.6) is 0 Å². The summed E-state index contributed by atoms with van der Waals surface area (Å²) < 4.78 is 13.1. The second-order valence-electron chi connectivity index (χ2n) is 7.01. The molecule has 1 aliphatic heterocycles. The first kappa shape index (κ1) is 21.3. The number of nitrogens with zero attached hydrogens (tertiary/aromatic N) is 2. The van der Waals surface area contributed by atoms with E-state index < -0.39 is 0 Å². The molecule has 1 fully saturated rings. The maximum absolute atomic E-state index is 13.1. The smallest absolute Gasteiger partial charge is 0.321 e. The van der Waals surface area contributed by atoms with Gasteiger partial charge in [-0.15, -0.1) is 0 Å². The molecule has 0 bridgehead atoms. The first-order valence-electron chi connectivity index (χ1n) is 9.97. The lowest BCUT2D eigenvalue weighted by molar-refractivity contribution is 0.0762. The fraction of sp³-hybridized carbons (Fsp3) is 0.318. The summed E-state index contributed by atoms with van der Waals surface area (Å²) in [6, 6.07) is 11.9. The average molecular weight is 412 g/mol. The molecule has 158 valence electrons. The maximum atomic E-state index is 13.1. The number of urea groups is 1. The first-order valence-corrected chi connectivity index (χ1v) is 9.97. The number of hydrogen-bond acceptors (Lipinski definition) is 3. The highest BCUT2D eigenvalue weighted by molar-refractivity contribution is 5.96. The van der Waals surface area contributed by atoms with Crippen molar-refractivity contribution in [3.63, 3.8) is 0 Å². The van der Waals surface area contributed by atoms with E-state index in [1.165, 1.54) is 24.3 Å². The van der Waals surface area contributed by atoms with Gasteiger partial charge in [0.25, 0.3) is 11.8 Å². The van der Waals surface area contributed by atoms with E-state index in [1.54, 1.807) is 34.1 Å². The van der Waals surface area contributed by atoms with Crippen molar-refractivity contribution >= 4 is 23.5 Å². The summed E-state index contributed by atoms with van der Waals surface area (Å²) in [6.45, 7) is 4.25. The van der Waals surface area contributed by atoms with Crippen molar-refractivity contribution in [3.05, 3.63) is 65.5 Å². The average Bonchev–Trinajstić information content (AvgIpc) is 3.01. The monoisotopic (exact) mass is 412 g/mol. The van der Waals surface area contributed by atoms with Crippen LogP contribution in [0.1, 0.15) is 34.1 Å². The van der Waals surface area contributed by atoms with E-state index in [1.807, 2.05) is 6.92 Å². The van der Waals surface area contributed by atoms with Crippen LogP contribution in [0.3, 0.4) is 0 Å². The Hall–Kier alpha value is -3.42. The van der Waals surface area contributed by atoms with Crippen LogP contribution in [0.25, 0.3) is 0 Å². The Balaban J connectivity index is 1.55. The lowest BCUT2D eigenvalue weighted by Crippen LogP contribution is -2.39. The third-order valence-corrected chi connectivity index (χ3v) is 4.90. The minimum absolute atomic E-state index is 0.159. The molecule has 0 saturated carbocycles. The second kappa shape index (κ2) is 9.87. The van der Waals surface area contributed by atoms with Crippen LogP contribution >= 0.6 is 0 Å². The van der Waals surface area contributed by atoms with Gasteiger partial charge in [0.2, 0.25) is 0 Å². The fourth-order valence-electron chi connectivity index (χ4n) is 3.27. The molecule has 2 aromatic carbocycles. The molecule has 1 aliphatic rings. The zero-order valence-corrected chi connectivity index (χ0v) is 16.9. The van der Waals surface area contributed by atoms with Crippen molar-refractivity contribution < 1.29 is 18.8 Å². The standard InChI is InChI=1S/C22H25FN4O3/c1-2-24-20(28)16-6-10-19(11-7-16)25-22(30)27-13-3-12-26(14-15-27)21(29)17-4-8-18(23)9-5-17/h4-11H,2-3,12-15H2,1H3,(H,24,28)(H,25,30). The summed E-state index contributed by atoms with van der Waals surface area (Å²) >= 11 is 0. The molecule has 0 unspecified atom stereocenters. The highest BCUT2D eigenvalue weighted by Crippen LogP contribution is 2.13. The lowest BCUT2D eigenvalue weighted by Gasteiger charge is -2.22. The molecule has 7 nitrogen and oxygen atoms in total. The van der Waals surface area contributed by atoms with Gasteiger partial charge in [0.05, 0.1) is 0 Å². The zero-order chi connectivity index (χ0) is 21.5. The summed E-state index contributed by atoms with van der Waals surface area (Å²) in [5.74, 6) is -0.712. The van der Waals surface area contributed by atoms with Crippen molar-refractivity contribution in [3.8, 4) is 0 Å². The van der Waals surface area contributed by atoms with Crippen LogP contribution in [-0.2, 0) is 0 Å². The Morgan fingerprint density at radius 1 is 0.867 bits per heavy atom. The van der Waals surface area contributed by atoms with Crippen LogP contribution in [0.15, 0.2) is 48.5 Å². The molecular formula is C22H25FN4O3. The predicted octanol–water partition coefficient (Wildman–Crippen LogP) is 2.96. The Morgan fingerprint density at radius 3 is 2.13 bits per heavy atom. The van der Waals surface area contributed by atoms with E-state index in [0.717, 1.165) is 0 Å². The predicted molar refractivity (Wildman–Crippen MR) is 112 cm³/mol. The number of halogens is 1. The molecule has 1 heterocycles. The molecule has 4 amide bonds. The Kier molecular flexibility index (Phi) is 7.00. The van der Waals surface area contributed by atoms with Crippen LogP contribution in [0.2, 0.25) is 0 Å². The van der Waals surface area contributed by atoms with Gasteiger partial charge in [-0.25, -0.2) is 9.18 Å². The molecule has 0 spiro atoms. The van der Waals surface area contributed by atoms with Crippen LogP contribution in [-0.4, -0.2) is 60.4 Å². The largest absolute Gasteiger partial charge is 0.352 e. The number of anilines is 1. The number of carbonyl (C=O) groups is 3. The number of amides is 4. The number of hydrogen-bond donors (Lipinski definition) is 2. The molecule has 1 saturated heterocycles. The normalized spacial score (nSPS) is 14.1. The van der Waals surface area contributed by atoms with Crippen molar-refractivity contribution in [2.24, 2.45) is 0 Å². The number of benzene rings is 2. The third-order valence-electron chi connectivity index (χ3n) is 4.90. The minimum Gasteiger partial charge on any atom is -0.352 e. The highest BCUT2D eigenvalue weighted by Gasteiger charge is 2.23. The summed E-state index contributed by atoms with van der Waals surface area (Å²) in [5, 5.41) is 5.55. The van der Waals surface area contributed by atoms with Gasteiger partial charge in [0, 0.05) is 49.5 Å². The topological polar surface area (TPSA) is 81.8 Å². The minimum atomic E-state index is -0.385. The van der Waals surface area contributed by atoms with Gasteiger partial charge in [-0.05, 0) is 61.9 Å². The Bertz CT molecular complexity index is 900. The van der Waals surface area contributed by atoms with Crippen molar-refractivity contribution in [1.82, 2.24) is 15.1 Å². The fourth-order valence-corrected chi connectivity index (χ4v) is 3.27. The van der Waals surface area contributed by atoms with Crippen molar-refractivity contribution in [2.75, 3.05) is 38.0 Å². The molecule has 0 aliphatic carbocycles. The van der Waals surface area contributed by atoms with Gasteiger partial charge in [0.1, 0.15) is 5.82 Å². The highest BCUT2D eigenvalue weighted by atomic mass is 19.1. The Labute approximate surface area is 174 Å². The lowest BCUT2D eigenvalue weighted by atomic mass is 10.2. The number of carbonyl (C=O) groups excluding carboxylic acids is 3. The molecule has 2 aromatic rings. The second-order valence-corrected chi connectivity index (χ2v) is 7.01. The van der Waals surface area contributed by atoms with Crippen LogP contribution in [0.4, 0.5) is 14.9 Å². The molecule has 0 radical (unpaired) electrons. The first-order chi connectivity index (χ1) is 14.5. The van der Waals surface area contributed by atoms with Gasteiger partial charge < -0.3 is 20.4 Å². The van der Waals surface area contributed by atoms with Gasteiger partial charge in [-0.1, -0.05) is 0 Å². The molecular weight excluding hydrogens is 387 g/mol. The summed E-state index contributed by atoms with van der Waals surface area (Å²) in [4.78, 5) is 40.4. The molecule has 0 atom stereocenters. The Morgan fingerprint density at radius 2 is 1.47 bits per heavy atom. The van der Waals surface area contributed by atoms with E-state index >= 15 is 0 Å². The quantitative estimate of drug-likeness (QED) is 0.810. The van der Waals surface area contributed by atoms with Gasteiger partial charge in [0.15, 0.2) is 0 Å². The van der Waals surface area contributed by atoms with E-state index in [2.05, 4.69) is 10.6 Å². The van der Waals surface area contributed by atoms with E-state index in [4.69, 9.17) is 0 Å². The molecule has 3 rings (SSSR count). The molecule has 0 aromatic heterocycles. The molecule has 30 heavy (non-hydrogen) atoms. The summed E-state index contributed by atoms with van der Waals surface area (Å²) in [7, 11) is 0. The van der Waals surface area contributed by atoms with Crippen LogP contribution < -0.4 is 10.6 Å². The van der Waals surface area contributed by atoms with Gasteiger partial charge in [-0.2, -0.15) is 0 Å². The van der Waals surface area contributed by atoms with E-state index in [0.29, 0.717) is 56.0 Å². The third kappa shape index (κ3) is 5.34. The van der Waals surface area contributed by atoms with Gasteiger partial charge in [-0.3, -0.25) is 9.59 Å². The SMILES string of the molecule is CCNC(=O)c1ccc(NC(=O)N2CCCN(C(=O)c3ccc(F)cc3)CC2)cc1. The van der Waals surface area contributed by atoms with Gasteiger partial charge >= 0.3 is 6.03 Å². The number of rotatable bonds is 4. The summed E-state index contributed by atoms with van der Waals surface area (Å²) in [5.41, 5.74) is 1.55. The molecule has 2 N–H and O–H groups in total. The summed E-state index contributed by atoms with van der Waals surface area (Å²) in [6.07, 6.45) is 0.649. The van der Waals surface area contributed by atoms with E-state index in [9.17, 15) is 18.8 Å². The van der Waals surface area contributed by atoms with Crippen LogP contribution in [0, 0.1) is 5.82 Å². The van der Waals surface area contributed by atoms with E-state index in [-0.39, 0.29) is 23.7 Å². The maximum Gasteiger partial charge on any atom is 0.321 e. The van der Waals surface area contributed by atoms with Crippen molar-refractivity contribution in [1.29, 1.82) is 0 Å².